The molecule has 3 nitrogen and oxygen atoms in total. The molecular weight excluding hydrogens is 270 g/mol. The number of nitrogens with zero attached hydrogens (tertiary/aromatic N) is 1. The van der Waals surface area contributed by atoms with Gasteiger partial charge in [-0.1, -0.05) is 19.9 Å². The number of carbonyl (C=O) groups is 1. The van der Waals surface area contributed by atoms with E-state index >= 15 is 0 Å². The van der Waals surface area contributed by atoms with E-state index in [1.165, 1.54) is 17.3 Å². The van der Waals surface area contributed by atoms with Crippen LogP contribution in [-0.4, -0.2) is 34.7 Å². The minimum atomic E-state index is -0.914. The van der Waals surface area contributed by atoms with E-state index in [4.69, 9.17) is 5.11 Å². The van der Waals surface area contributed by atoms with E-state index in [0.29, 0.717) is 10.5 Å². The average molecular weight is 291 g/mol. The van der Waals surface area contributed by atoms with Crippen molar-refractivity contribution in [2.45, 2.75) is 31.3 Å². The summed E-state index contributed by atoms with van der Waals surface area (Å²) in [7, 11) is 0. The quantitative estimate of drug-likeness (QED) is 0.866. The summed E-state index contributed by atoms with van der Waals surface area (Å²) < 4.78 is 0. The van der Waals surface area contributed by atoms with E-state index in [0.717, 1.165) is 18.7 Å². The van der Waals surface area contributed by atoms with Gasteiger partial charge in [-0.05, 0) is 36.3 Å². The monoisotopic (exact) mass is 291 g/mol. The summed E-state index contributed by atoms with van der Waals surface area (Å²) in [5.41, 5.74) is 3.39. The Morgan fingerprint density at radius 1 is 1.35 bits per heavy atom. The molecule has 1 saturated heterocycles. The molecular formula is C16H21NO2S. The molecule has 1 N–H and O–H groups in total. The molecule has 0 aromatic heterocycles. The molecule has 1 aromatic carbocycles. The highest BCUT2D eigenvalue weighted by molar-refractivity contribution is 8.00. The van der Waals surface area contributed by atoms with Crippen molar-refractivity contribution in [1.82, 2.24) is 0 Å². The molecule has 2 unspecified atom stereocenters. The maximum absolute atomic E-state index is 10.5. The molecule has 1 aromatic rings. The molecule has 4 heteroatoms. The van der Waals surface area contributed by atoms with Crippen molar-refractivity contribution in [3.63, 3.8) is 0 Å². The van der Waals surface area contributed by atoms with Crippen LogP contribution in [0.3, 0.4) is 0 Å². The minimum absolute atomic E-state index is 0.643. The molecule has 0 bridgehead atoms. The Hall–Kier alpha value is -1.42. The SMILES string of the molecule is Cc1cc(C=CC(=O)O)ccc1N1CC(C)SC(C)C1. The predicted molar refractivity (Wildman–Crippen MR) is 86.6 cm³/mol. The lowest BCUT2D eigenvalue weighted by atomic mass is 10.1. The summed E-state index contributed by atoms with van der Waals surface area (Å²) in [5, 5.41) is 9.95. The van der Waals surface area contributed by atoms with Crippen molar-refractivity contribution in [1.29, 1.82) is 0 Å². The topological polar surface area (TPSA) is 40.5 Å². The summed E-state index contributed by atoms with van der Waals surface area (Å²) in [6.45, 7) is 8.77. The zero-order valence-electron chi connectivity index (χ0n) is 12.2. The number of carboxylic acid groups (broad SMARTS) is 1. The zero-order valence-corrected chi connectivity index (χ0v) is 13.0. The highest BCUT2D eigenvalue weighted by Crippen LogP contribution is 2.30. The Balaban J connectivity index is 2.19. The fourth-order valence-electron chi connectivity index (χ4n) is 2.68. The smallest absolute Gasteiger partial charge is 0.328 e. The van der Waals surface area contributed by atoms with E-state index in [9.17, 15) is 4.79 Å². The van der Waals surface area contributed by atoms with Gasteiger partial charge in [0.1, 0.15) is 0 Å². The molecule has 0 spiro atoms. The van der Waals surface area contributed by atoms with E-state index < -0.39 is 5.97 Å². The number of hydrogen-bond acceptors (Lipinski definition) is 3. The molecule has 2 rings (SSSR count). The average Bonchev–Trinajstić information content (AvgIpc) is 2.35. The third kappa shape index (κ3) is 3.79. The number of benzene rings is 1. The predicted octanol–water partition coefficient (Wildman–Crippen LogP) is 3.42. The van der Waals surface area contributed by atoms with Crippen molar-refractivity contribution in [2.24, 2.45) is 0 Å². The third-order valence-corrected chi connectivity index (χ3v) is 4.63. The van der Waals surface area contributed by atoms with Gasteiger partial charge in [-0.2, -0.15) is 11.8 Å². The van der Waals surface area contributed by atoms with E-state index in [-0.39, 0.29) is 0 Å². The standard InChI is InChI=1S/C16H21NO2S/c1-11-8-14(5-7-16(18)19)4-6-15(11)17-9-12(2)20-13(3)10-17/h4-8,12-13H,9-10H2,1-3H3,(H,18,19). The number of thioether (sulfide) groups is 1. The second-order valence-electron chi connectivity index (χ2n) is 5.38. The van der Waals surface area contributed by atoms with Crippen molar-refractivity contribution >= 4 is 29.5 Å². The van der Waals surface area contributed by atoms with Crippen molar-refractivity contribution in [3.05, 3.63) is 35.4 Å². The molecule has 1 fully saturated rings. The van der Waals surface area contributed by atoms with Gasteiger partial charge in [-0.25, -0.2) is 4.79 Å². The van der Waals surface area contributed by atoms with Gasteiger partial charge in [0, 0.05) is 35.4 Å². The molecule has 20 heavy (non-hydrogen) atoms. The van der Waals surface area contributed by atoms with E-state index in [1.807, 2.05) is 23.9 Å². The van der Waals surface area contributed by atoms with Crippen LogP contribution in [0.2, 0.25) is 0 Å². The van der Waals surface area contributed by atoms with Crippen LogP contribution in [0, 0.1) is 6.92 Å². The van der Waals surface area contributed by atoms with Crippen LogP contribution in [0.1, 0.15) is 25.0 Å². The normalized spacial score (nSPS) is 23.2. The molecule has 2 atom stereocenters. The van der Waals surface area contributed by atoms with Crippen LogP contribution < -0.4 is 4.90 Å². The fraction of sp³-hybridized carbons (Fsp3) is 0.438. The van der Waals surface area contributed by atoms with Gasteiger partial charge in [-0.15, -0.1) is 0 Å². The van der Waals surface area contributed by atoms with Crippen LogP contribution in [0.5, 0.6) is 0 Å². The lowest BCUT2D eigenvalue weighted by molar-refractivity contribution is -0.131. The Morgan fingerprint density at radius 2 is 2.00 bits per heavy atom. The zero-order chi connectivity index (χ0) is 14.7. The Labute approximate surface area is 124 Å². The molecule has 0 saturated carbocycles. The van der Waals surface area contributed by atoms with Crippen LogP contribution in [-0.2, 0) is 4.79 Å². The van der Waals surface area contributed by atoms with Crippen LogP contribution >= 0.6 is 11.8 Å². The van der Waals surface area contributed by atoms with Gasteiger partial charge in [0.05, 0.1) is 0 Å². The number of aryl methyl sites for hydroxylation is 1. The summed E-state index contributed by atoms with van der Waals surface area (Å²) in [4.78, 5) is 13.0. The second kappa shape index (κ2) is 6.35. The van der Waals surface area contributed by atoms with Crippen LogP contribution in [0.25, 0.3) is 6.08 Å². The maximum atomic E-state index is 10.5. The molecule has 1 aliphatic heterocycles. The Morgan fingerprint density at radius 3 is 2.55 bits per heavy atom. The number of carboxylic acids is 1. The second-order valence-corrected chi connectivity index (χ2v) is 7.26. The first-order valence-electron chi connectivity index (χ1n) is 6.88. The number of rotatable bonds is 3. The summed E-state index contributed by atoms with van der Waals surface area (Å²) in [5.74, 6) is -0.914. The van der Waals surface area contributed by atoms with Crippen LogP contribution in [0.4, 0.5) is 5.69 Å². The summed E-state index contributed by atoms with van der Waals surface area (Å²) in [6, 6.07) is 6.14. The largest absolute Gasteiger partial charge is 0.478 e. The van der Waals surface area contributed by atoms with Crippen molar-refractivity contribution < 1.29 is 9.90 Å². The molecule has 1 heterocycles. The highest BCUT2D eigenvalue weighted by Gasteiger charge is 2.23. The maximum Gasteiger partial charge on any atom is 0.328 e. The summed E-state index contributed by atoms with van der Waals surface area (Å²) >= 11 is 2.04. The molecule has 108 valence electrons. The molecule has 0 amide bonds. The first kappa shape index (κ1) is 15.0. The number of hydrogen-bond donors (Lipinski definition) is 1. The van der Waals surface area contributed by atoms with Gasteiger partial charge >= 0.3 is 5.97 Å². The van der Waals surface area contributed by atoms with Gasteiger partial charge in [0.15, 0.2) is 0 Å². The molecule has 1 aliphatic rings. The van der Waals surface area contributed by atoms with Gasteiger partial charge in [0.2, 0.25) is 0 Å². The highest BCUT2D eigenvalue weighted by atomic mass is 32.2. The van der Waals surface area contributed by atoms with Crippen molar-refractivity contribution in [3.8, 4) is 0 Å². The van der Waals surface area contributed by atoms with E-state index in [1.54, 1.807) is 6.08 Å². The lowest BCUT2D eigenvalue weighted by Gasteiger charge is -2.37. The first-order chi connectivity index (χ1) is 9.45. The van der Waals surface area contributed by atoms with Crippen LogP contribution in [0.15, 0.2) is 24.3 Å². The summed E-state index contributed by atoms with van der Waals surface area (Å²) in [6.07, 6.45) is 2.81. The Bertz CT molecular complexity index is 517. The first-order valence-corrected chi connectivity index (χ1v) is 7.82. The minimum Gasteiger partial charge on any atom is -0.478 e. The van der Waals surface area contributed by atoms with Gasteiger partial charge in [-0.3, -0.25) is 0 Å². The molecule has 0 aliphatic carbocycles. The van der Waals surface area contributed by atoms with E-state index in [2.05, 4.69) is 31.7 Å². The fourth-order valence-corrected chi connectivity index (χ4v) is 4.00. The molecule has 0 radical (unpaired) electrons. The number of aliphatic carboxylic acids is 1. The number of anilines is 1. The lowest BCUT2D eigenvalue weighted by Crippen LogP contribution is -2.40. The van der Waals surface area contributed by atoms with Gasteiger partial charge in [0.25, 0.3) is 0 Å². The third-order valence-electron chi connectivity index (χ3n) is 3.40. The Kier molecular flexibility index (Phi) is 4.76. The van der Waals surface area contributed by atoms with Crippen molar-refractivity contribution in [2.75, 3.05) is 18.0 Å². The van der Waals surface area contributed by atoms with Gasteiger partial charge < -0.3 is 10.0 Å².